The lowest BCUT2D eigenvalue weighted by molar-refractivity contribution is 0.0574. The molecule has 0 heterocycles. The Hall–Kier alpha value is -0.300. The van der Waals surface area contributed by atoms with Gasteiger partial charge in [0, 0.05) is 6.61 Å². The van der Waals surface area contributed by atoms with Gasteiger partial charge in [-0.1, -0.05) is 25.5 Å². The Balaban J connectivity index is 2.22. The van der Waals surface area contributed by atoms with Gasteiger partial charge in [-0.05, 0) is 49.4 Å². The highest BCUT2D eigenvalue weighted by molar-refractivity contribution is 5.17. The van der Waals surface area contributed by atoms with Crippen LogP contribution in [0.25, 0.3) is 0 Å². The summed E-state index contributed by atoms with van der Waals surface area (Å²) >= 11 is 0. The molecule has 1 nitrogen and oxygen atoms in total. The van der Waals surface area contributed by atoms with Crippen molar-refractivity contribution in [2.24, 2.45) is 29.6 Å². The van der Waals surface area contributed by atoms with Crippen molar-refractivity contribution < 1.29 is 5.11 Å². The maximum atomic E-state index is 9.37. The molecule has 0 aromatic heterocycles. The average molecular weight is 194 g/mol. The molecule has 14 heavy (non-hydrogen) atoms. The molecule has 4 atom stereocenters. The van der Waals surface area contributed by atoms with Gasteiger partial charge in [-0.2, -0.15) is 0 Å². The number of fused-ring (bicyclic) bond motifs is 2. The van der Waals surface area contributed by atoms with Crippen LogP contribution >= 0.6 is 0 Å². The number of hydrogen-bond donors (Lipinski definition) is 1. The lowest BCUT2D eigenvalue weighted by Crippen LogP contribution is -2.40. The molecule has 1 saturated carbocycles. The number of allylic oxidation sites excluding steroid dienone is 2. The summed E-state index contributed by atoms with van der Waals surface area (Å²) in [6, 6.07) is 0. The topological polar surface area (TPSA) is 20.2 Å². The van der Waals surface area contributed by atoms with E-state index in [2.05, 4.69) is 26.8 Å². The van der Waals surface area contributed by atoms with Gasteiger partial charge in [-0.15, -0.1) is 0 Å². The Morgan fingerprint density at radius 2 is 2.14 bits per heavy atom. The van der Waals surface area contributed by atoms with Gasteiger partial charge in [-0.25, -0.2) is 0 Å². The molecule has 3 aliphatic carbocycles. The van der Waals surface area contributed by atoms with Gasteiger partial charge >= 0.3 is 0 Å². The van der Waals surface area contributed by atoms with Crippen LogP contribution in [0.4, 0.5) is 0 Å². The van der Waals surface area contributed by atoms with Crippen molar-refractivity contribution in [3.63, 3.8) is 0 Å². The molecule has 0 spiro atoms. The van der Waals surface area contributed by atoms with Gasteiger partial charge in [-0.3, -0.25) is 0 Å². The zero-order valence-electron chi connectivity index (χ0n) is 9.53. The summed E-state index contributed by atoms with van der Waals surface area (Å²) in [5, 5.41) is 9.37. The second kappa shape index (κ2) is 3.69. The zero-order chi connectivity index (χ0) is 10.3. The Morgan fingerprint density at radius 1 is 1.43 bits per heavy atom. The molecule has 3 aliphatic rings. The molecular weight excluding hydrogens is 172 g/mol. The second-order valence-corrected chi connectivity index (χ2v) is 5.51. The van der Waals surface area contributed by atoms with Crippen molar-refractivity contribution in [2.45, 2.75) is 33.6 Å². The van der Waals surface area contributed by atoms with Crippen LogP contribution < -0.4 is 0 Å². The van der Waals surface area contributed by atoms with Gasteiger partial charge in [0.25, 0.3) is 0 Å². The number of hydrogen-bond acceptors (Lipinski definition) is 1. The third-order valence-electron chi connectivity index (χ3n) is 4.37. The van der Waals surface area contributed by atoms with E-state index in [1.54, 1.807) is 5.57 Å². The van der Waals surface area contributed by atoms with E-state index in [9.17, 15) is 5.11 Å². The summed E-state index contributed by atoms with van der Waals surface area (Å²) in [5.41, 5.74) is 1.58. The van der Waals surface area contributed by atoms with Crippen LogP contribution in [0.2, 0.25) is 0 Å². The molecule has 0 aromatic rings. The minimum Gasteiger partial charge on any atom is -0.396 e. The first-order valence-electron chi connectivity index (χ1n) is 5.92. The maximum absolute atomic E-state index is 9.37. The molecule has 0 radical (unpaired) electrons. The SMILES string of the molecule is CC1=CC2C(CO)CC1CC2C(C)C. The highest BCUT2D eigenvalue weighted by Gasteiger charge is 2.41. The van der Waals surface area contributed by atoms with E-state index in [4.69, 9.17) is 0 Å². The molecule has 2 bridgehead atoms. The monoisotopic (exact) mass is 194 g/mol. The van der Waals surface area contributed by atoms with Crippen molar-refractivity contribution in [3.05, 3.63) is 11.6 Å². The van der Waals surface area contributed by atoms with Crippen LogP contribution in [0.1, 0.15) is 33.6 Å². The fourth-order valence-electron chi connectivity index (χ4n) is 3.44. The standard InChI is InChI=1S/C13H22O/c1-8(2)12-6-10-5-11(7-14)13(12)4-9(10)3/h4,8,10-14H,5-7H2,1-3H3. The maximum Gasteiger partial charge on any atom is 0.0465 e. The summed E-state index contributed by atoms with van der Waals surface area (Å²) in [5.74, 6) is 3.55. The van der Waals surface area contributed by atoms with Gasteiger partial charge in [0.2, 0.25) is 0 Å². The van der Waals surface area contributed by atoms with E-state index in [-0.39, 0.29) is 0 Å². The second-order valence-electron chi connectivity index (χ2n) is 5.51. The highest BCUT2D eigenvalue weighted by Crippen LogP contribution is 2.49. The molecular formula is C13H22O. The number of aliphatic hydroxyl groups is 1. The predicted octanol–water partition coefficient (Wildman–Crippen LogP) is 2.85. The summed E-state index contributed by atoms with van der Waals surface area (Å²) in [7, 11) is 0. The third kappa shape index (κ3) is 1.52. The van der Waals surface area contributed by atoms with Crippen molar-refractivity contribution in [3.8, 4) is 0 Å². The third-order valence-corrected chi connectivity index (χ3v) is 4.37. The Kier molecular flexibility index (Phi) is 2.70. The normalized spacial score (nSPS) is 41.6. The molecule has 0 saturated heterocycles. The van der Waals surface area contributed by atoms with E-state index in [0.29, 0.717) is 18.4 Å². The fourth-order valence-corrected chi connectivity index (χ4v) is 3.44. The first-order chi connectivity index (χ1) is 6.63. The molecule has 3 rings (SSSR count). The minimum absolute atomic E-state index is 0.383. The van der Waals surface area contributed by atoms with Crippen molar-refractivity contribution in [1.29, 1.82) is 0 Å². The molecule has 0 aromatic carbocycles. The smallest absolute Gasteiger partial charge is 0.0465 e. The van der Waals surface area contributed by atoms with E-state index in [1.165, 1.54) is 12.8 Å². The van der Waals surface area contributed by atoms with E-state index < -0.39 is 0 Å². The zero-order valence-corrected chi connectivity index (χ0v) is 9.53. The largest absolute Gasteiger partial charge is 0.396 e. The van der Waals surface area contributed by atoms with Crippen LogP contribution in [-0.4, -0.2) is 11.7 Å². The predicted molar refractivity (Wildman–Crippen MR) is 58.9 cm³/mol. The minimum atomic E-state index is 0.383. The fraction of sp³-hybridized carbons (Fsp3) is 0.846. The number of aliphatic hydroxyl groups excluding tert-OH is 1. The molecule has 4 unspecified atom stereocenters. The van der Waals surface area contributed by atoms with Crippen molar-refractivity contribution in [1.82, 2.24) is 0 Å². The first kappa shape index (κ1) is 10.2. The van der Waals surface area contributed by atoms with Crippen LogP contribution in [0.5, 0.6) is 0 Å². The summed E-state index contributed by atoms with van der Waals surface area (Å²) in [6.07, 6.45) is 5.04. The van der Waals surface area contributed by atoms with E-state index in [0.717, 1.165) is 17.8 Å². The summed E-state index contributed by atoms with van der Waals surface area (Å²) in [4.78, 5) is 0. The molecule has 1 heteroatoms. The molecule has 0 aliphatic heterocycles. The van der Waals surface area contributed by atoms with Gasteiger partial charge in [0.15, 0.2) is 0 Å². The average Bonchev–Trinajstić information content (AvgIpc) is 2.17. The van der Waals surface area contributed by atoms with Crippen LogP contribution in [-0.2, 0) is 0 Å². The van der Waals surface area contributed by atoms with Crippen LogP contribution in [0.15, 0.2) is 11.6 Å². The molecule has 0 amide bonds. The lowest BCUT2D eigenvalue weighted by Gasteiger charge is -2.47. The van der Waals surface area contributed by atoms with Crippen LogP contribution in [0.3, 0.4) is 0 Å². The van der Waals surface area contributed by atoms with Crippen molar-refractivity contribution in [2.75, 3.05) is 6.61 Å². The molecule has 1 N–H and O–H groups in total. The van der Waals surface area contributed by atoms with E-state index >= 15 is 0 Å². The summed E-state index contributed by atoms with van der Waals surface area (Å²) in [6.45, 7) is 7.29. The Morgan fingerprint density at radius 3 is 2.64 bits per heavy atom. The number of rotatable bonds is 2. The van der Waals surface area contributed by atoms with Crippen LogP contribution in [0, 0.1) is 29.6 Å². The quantitative estimate of drug-likeness (QED) is 0.670. The van der Waals surface area contributed by atoms with Gasteiger partial charge in [0.05, 0.1) is 0 Å². The molecule has 80 valence electrons. The van der Waals surface area contributed by atoms with Gasteiger partial charge in [0.1, 0.15) is 0 Å². The summed E-state index contributed by atoms with van der Waals surface area (Å²) < 4.78 is 0. The van der Waals surface area contributed by atoms with E-state index in [1.807, 2.05) is 0 Å². The highest BCUT2D eigenvalue weighted by atomic mass is 16.3. The Bertz CT molecular complexity index is 242. The molecule has 1 fully saturated rings. The van der Waals surface area contributed by atoms with Gasteiger partial charge < -0.3 is 5.11 Å². The Labute approximate surface area is 87.2 Å². The lowest BCUT2D eigenvalue weighted by atomic mass is 9.58. The van der Waals surface area contributed by atoms with Crippen molar-refractivity contribution >= 4 is 0 Å². The first-order valence-corrected chi connectivity index (χ1v) is 5.92.